The monoisotopic (exact) mass is 249 g/mol. The van der Waals surface area contributed by atoms with Crippen LogP contribution < -0.4 is 5.32 Å². The first kappa shape index (κ1) is 13.4. The molecule has 4 heteroatoms. The molecule has 18 heavy (non-hydrogen) atoms. The van der Waals surface area contributed by atoms with Crippen molar-refractivity contribution in [2.24, 2.45) is 11.8 Å². The molecule has 2 atom stereocenters. The van der Waals surface area contributed by atoms with Crippen LogP contribution in [0.3, 0.4) is 0 Å². The molecule has 4 nitrogen and oxygen atoms in total. The number of aryl methyl sites for hydroxylation is 1. The highest BCUT2D eigenvalue weighted by Gasteiger charge is 2.23. The van der Waals surface area contributed by atoms with E-state index >= 15 is 0 Å². The third-order valence-electron chi connectivity index (χ3n) is 3.85. The molecular formula is C14H23N3O. The summed E-state index contributed by atoms with van der Waals surface area (Å²) in [6, 6.07) is 1.95. The minimum Gasteiger partial charge on any atom is -0.396 e. The van der Waals surface area contributed by atoms with E-state index in [1.165, 1.54) is 25.7 Å². The number of nitrogens with one attached hydrogen (secondary N) is 1. The van der Waals surface area contributed by atoms with Crippen molar-refractivity contribution >= 4 is 0 Å². The maximum absolute atomic E-state index is 9.37. The van der Waals surface area contributed by atoms with Crippen molar-refractivity contribution in [2.45, 2.75) is 39.2 Å². The summed E-state index contributed by atoms with van der Waals surface area (Å²) in [5, 5.41) is 12.8. The lowest BCUT2D eigenvalue weighted by atomic mass is 9.79. The van der Waals surface area contributed by atoms with Gasteiger partial charge in [-0.15, -0.1) is 0 Å². The van der Waals surface area contributed by atoms with Crippen LogP contribution in [0.2, 0.25) is 0 Å². The topological polar surface area (TPSA) is 58.0 Å². The molecule has 0 saturated heterocycles. The molecule has 0 radical (unpaired) electrons. The normalized spacial score (nSPS) is 24.1. The smallest absolute Gasteiger partial charge is 0.125 e. The van der Waals surface area contributed by atoms with Gasteiger partial charge in [0.1, 0.15) is 5.82 Å². The lowest BCUT2D eigenvalue weighted by molar-refractivity contribution is 0.133. The van der Waals surface area contributed by atoms with E-state index in [1.807, 2.05) is 13.0 Å². The van der Waals surface area contributed by atoms with Gasteiger partial charge in [-0.2, -0.15) is 0 Å². The fourth-order valence-electron chi connectivity index (χ4n) is 2.78. The van der Waals surface area contributed by atoms with E-state index in [9.17, 15) is 5.11 Å². The second-order valence-corrected chi connectivity index (χ2v) is 5.21. The molecule has 1 aliphatic carbocycles. The summed E-state index contributed by atoms with van der Waals surface area (Å²) < 4.78 is 0. The Bertz CT molecular complexity index is 370. The maximum Gasteiger partial charge on any atom is 0.125 e. The highest BCUT2D eigenvalue weighted by molar-refractivity contribution is 5.01. The van der Waals surface area contributed by atoms with E-state index < -0.39 is 0 Å². The van der Waals surface area contributed by atoms with Crippen LogP contribution in [0.25, 0.3) is 0 Å². The van der Waals surface area contributed by atoms with E-state index in [-0.39, 0.29) is 0 Å². The number of aromatic nitrogens is 2. The van der Waals surface area contributed by atoms with Crippen molar-refractivity contribution in [3.63, 3.8) is 0 Å². The summed E-state index contributed by atoms with van der Waals surface area (Å²) in [7, 11) is 0. The fraction of sp³-hybridized carbons (Fsp3) is 0.714. The minimum atomic E-state index is 0.332. The van der Waals surface area contributed by atoms with Gasteiger partial charge in [0.2, 0.25) is 0 Å². The summed E-state index contributed by atoms with van der Waals surface area (Å²) in [5.41, 5.74) is 1.04. The van der Waals surface area contributed by atoms with Crippen molar-refractivity contribution < 1.29 is 5.11 Å². The molecule has 100 valence electrons. The zero-order valence-corrected chi connectivity index (χ0v) is 11.1. The summed E-state index contributed by atoms with van der Waals surface area (Å²) in [6.45, 7) is 4.01. The van der Waals surface area contributed by atoms with Gasteiger partial charge < -0.3 is 10.4 Å². The first-order valence-electron chi connectivity index (χ1n) is 6.89. The molecule has 1 aliphatic rings. The molecule has 1 heterocycles. The quantitative estimate of drug-likeness (QED) is 0.833. The van der Waals surface area contributed by atoms with Crippen molar-refractivity contribution in [2.75, 3.05) is 13.2 Å². The van der Waals surface area contributed by atoms with Crippen molar-refractivity contribution in [1.29, 1.82) is 0 Å². The van der Waals surface area contributed by atoms with Crippen molar-refractivity contribution in [1.82, 2.24) is 15.3 Å². The molecule has 1 aromatic rings. The first-order chi connectivity index (χ1) is 8.79. The second kappa shape index (κ2) is 6.81. The zero-order chi connectivity index (χ0) is 12.8. The standard InChI is InChI=1S/C14H23N3O/c1-11-16-7-6-14(17-11)9-15-8-12-4-2-3-5-13(12)10-18/h6-7,12-13,15,18H,2-5,8-10H2,1H3. The average Bonchev–Trinajstić information content (AvgIpc) is 2.39. The first-order valence-corrected chi connectivity index (χ1v) is 6.89. The predicted octanol–water partition coefficient (Wildman–Crippen LogP) is 1.67. The Balaban J connectivity index is 1.77. The van der Waals surface area contributed by atoms with Crippen LogP contribution in [-0.2, 0) is 6.54 Å². The van der Waals surface area contributed by atoms with Gasteiger partial charge in [0, 0.05) is 19.3 Å². The summed E-state index contributed by atoms with van der Waals surface area (Å²) >= 11 is 0. The molecule has 1 saturated carbocycles. The largest absolute Gasteiger partial charge is 0.396 e. The van der Waals surface area contributed by atoms with Gasteiger partial charge in [-0.3, -0.25) is 0 Å². The van der Waals surface area contributed by atoms with Crippen LogP contribution in [0.15, 0.2) is 12.3 Å². The van der Waals surface area contributed by atoms with Gasteiger partial charge in [-0.05, 0) is 44.2 Å². The third kappa shape index (κ3) is 3.75. The Morgan fingerprint density at radius 1 is 1.33 bits per heavy atom. The van der Waals surface area contributed by atoms with Crippen LogP contribution in [-0.4, -0.2) is 28.2 Å². The van der Waals surface area contributed by atoms with E-state index in [1.54, 1.807) is 6.20 Å². The Hall–Kier alpha value is -1.00. The van der Waals surface area contributed by atoms with E-state index in [4.69, 9.17) is 0 Å². The molecule has 0 spiro atoms. The number of hydrogen-bond acceptors (Lipinski definition) is 4. The molecule has 1 fully saturated rings. The number of hydrogen-bond donors (Lipinski definition) is 2. The molecular weight excluding hydrogens is 226 g/mol. The van der Waals surface area contributed by atoms with E-state index in [0.717, 1.165) is 24.6 Å². The Morgan fingerprint density at radius 2 is 2.11 bits per heavy atom. The van der Waals surface area contributed by atoms with E-state index in [2.05, 4.69) is 15.3 Å². The highest BCUT2D eigenvalue weighted by Crippen LogP contribution is 2.29. The number of nitrogens with zero attached hydrogens (tertiary/aromatic N) is 2. The number of aliphatic hydroxyl groups excluding tert-OH is 1. The van der Waals surface area contributed by atoms with E-state index in [0.29, 0.717) is 18.4 Å². The third-order valence-corrected chi connectivity index (χ3v) is 3.85. The summed E-state index contributed by atoms with van der Waals surface area (Å²) in [6.07, 6.45) is 6.79. The molecule has 2 N–H and O–H groups in total. The number of aliphatic hydroxyl groups is 1. The molecule has 0 amide bonds. The molecule has 1 aromatic heterocycles. The fourth-order valence-corrected chi connectivity index (χ4v) is 2.78. The van der Waals surface area contributed by atoms with Gasteiger partial charge in [-0.1, -0.05) is 12.8 Å². The average molecular weight is 249 g/mol. The lowest BCUT2D eigenvalue weighted by Crippen LogP contribution is -2.32. The van der Waals surface area contributed by atoms with Crippen molar-refractivity contribution in [3.05, 3.63) is 23.8 Å². The molecule has 2 unspecified atom stereocenters. The van der Waals surface area contributed by atoms with Gasteiger partial charge >= 0.3 is 0 Å². The number of rotatable bonds is 5. The molecule has 0 aliphatic heterocycles. The van der Waals surface area contributed by atoms with Gasteiger partial charge in [0.25, 0.3) is 0 Å². The molecule has 2 rings (SSSR count). The zero-order valence-electron chi connectivity index (χ0n) is 11.1. The molecule has 0 bridgehead atoms. The van der Waals surface area contributed by atoms with Crippen LogP contribution in [0, 0.1) is 18.8 Å². The Labute approximate surface area is 109 Å². The van der Waals surface area contributed by atoms with Crippen LogP contribution >= 0.6 is 0 Å². The Kier molecular flexibility index (Phi) is 5.08. The van der Waals surface area contributed by atoms with Gasteiger partial charge in [-0.25, -0.2) is 9.97 Å². The van der Waals surface area contributed by atoms with Crippen molar-refractivity contribution in [3.8, 4) is 0 Å². The van der Waals surface area contributed by atoms with Crippen LogP contribution in [0.4, 0.5) is 0 Å². The SMILES string of the molecule is Cc1nccc(CNCC2CCCCC2CO)n1. The predicted molar refractivity (Wildman–Crippen MR) is 71.0 cm³/mol. The van der Waals surface area contributed by atoms with Crippen LogP contribution in [0.1, 0.15) is 37.2 Å². The maximum atomic E-state index is 9.37. The summed E-state index contributed by atoms with van der Waals surface area (Å²) in [5.74, 6) is 1.92. The second-order valence-electron chi connectivity index (χ2n) is 5.21. The van der Waals surface area contributed by atoms with Gasteiger partial charge in [0.15, 0.2) is 0 Å². The van der Waals surface area contributed by atoms with Crippen LogP contribution in [0.5, 0.6) is 0 Å². The van der Waals surface area contributed by atoms with Gasteiger partial charge in [0.05, 0.1) is 5.69 Å². The minimum absolute atomic E-state index is 0.332. The Morgan fingerprint density at radius 3 is 2.83 bits per heavy atom. The molecule has 0 aromatic carbocycles. The summed E-state index contributed by atoms with van der Waals surface area (Å²) in [4.78, 5) is 8.46. The highest BCUT2D eigenvalue weighted by atomic mass is 16.3. The lowest BCUT2D eigenvalue weighted by Gasteiger charge is -2.30.